The van der Waals surface area contributed by atoms with E-state index in [-0.39, 0.29) is 6.61 Å². The van der Waals surface area contributed by atoms with Crippen LogP contribution in [0.15, 0.2) is 10.8 Å². The number of rotatable bonds is 5. The van der Waals surface area contributed by atoms with Crippen molar-refractivity contribution >= 4 is 33.3 Å². The zero-order chi connectivity index (χ0) is 11.3. The molecule has 0 aliphatic carbocycles. The van der Waals surface area contributed by atoms with Crippen LogP contribution in [0.2, 0.25) is 5.15 Å². The van der Waals surface area contributed by atoms with Crippen LogP contribution in [0.4, 0.5) is 5.82 Å². The molecule has 0 aliphatic rings. The molecule has 0 bridgehead atoms. The summed E-state index contributed by atoms with van der Waals surface area (Å²) in [5.41, 5.74) is 0. The van der Waals surface area contributed by atoms with Gasteiger partial charge in [-0.1, -0.05) is 18.5 Å². The molecule has 0 atom stereocenters. The fraction of sp³-hybridized carbons (Fsp3) is 0.556. The molecule has 0 amide bonds. The number of aliphatic hydroxyl groups excluding tert-OH is 1. The first-order chi connectivity index (χ1) is 7.20. The molecule has 0 aromatic carbocycles. The maximum absolute atomic E-state index is 8.95. The van der Waals surface area contributed by atoms with E-state index in [2.05, 4.69) is 32.8 Å². The molecule has 4 nitrogen and oxygen atoms in total. The van der Waals surface area contributed by atoms with Gasteiger partial charge in [0, 0.05) is 13.1 Å². The highest BCUT2D eigenvalue weighted by atomic mass is 79.9. The van der Waals surface area contributed by atoms with E-state index in [1.165, 1.54) is 6.33 Å². The number of hydrogen-bond acceptors (Lipinski definition) is 4. The van der Waals surface area contributed by atoms with E-state index < -0.39 is 0 Å². The molecule has 1 aromatic heterocycles. The van der Waals surface area contributed by atoms with Gasteiger partial charge in [-0.15, -0.1) is 0 Å². The molecular formula is C9H13BrClN3O. The maximum Gasteiger partial charge on any atom is 0.148 e. The normalized spacial score (nSPS) is 10.4. The quantitative estimate of drug-likeness (QED) is 0.845. The van der Waals surface area contributed by atoms with Gasteiger partial charge in [0.2, 0.25) is 0 Å². The largest absolute Gasteiger partial charge is 0.395 e. The fourth-order valence-corrected chi connectivity index (χ4v) is 1.86. The van der Waals surface area contributed by atoms with Crippen molar-refractivity contribution in [2.24, 2.45) is 0 Å². The van der Waals surface area contributed by atoms with Gasteiger partial charge >= 0.3 is 0 Å². The van der Waals surface area contributed by atoms with E-state index in [4.69, 9.17) is 16.7 Å². The van der Waals surface area contributed by atoms with Crippen LogP contribution < -0.4 is 4.90 Å². The molecule has 0 saturated carbocycles. The van der Waals surface area contributed by atoms with Crippen molar-refractivity contribution in [1.82, 2.24) is 9.97 Å². The summed E-state index contributed by atoms with van der Waals surface area (Å²) in [7, 11) is 0. The molecule has 1 N–H and O–H groups in total. The smallest absolute Gasteiger partial charge is 0.148 e. The Labute approximate surface area is 102 Å². The van der Waals surface area contributed by atoms with Crippen molar-refractivity contribution in [2.75, 3.05) is 24.6 Å². The van der Waals surface area contributed by atoms with E-state index >= 15 is 0 Å². The summed E-state index contributed by atoms with van der Waals surface area (Å²) in [5.74, 6) is 0.728. The lowest BCUT2D eigenvalue weighted by Crippen LogP contribution is -2.28. The van der Waals surface area contributed by atoms with Crippen LogP contribution in [0.25, 0.3) is 0 Å². The van der Waals surface area contributed by atoms with Crippen molar-refractivity contribution in [3.63, 3.8) is 0 Å². The summed E-state index contributed by atoms with van der Waals surface area (Å²) in [5, 5.41) is 9.34. The number of nitrogens with zero attached hydrogens (tertiary/aromatic N) is 3. The highest BCUT2D eigenvalue weighted by Gasteiger charge is 2.13. The summed E-state index contributed by atoms with van der Waals surface area (Å²) >= 11 is 9.21. The number of anilines is 1. The van der Waals surface area contributed by atoms with Crippen molar-refractivity contribution in [3.05, 3.63) is 16.0 Å². The molecule has 1 heterocycles. The second kappa shape index (κ2) is 6.25. The van der Waals surface area contributed by atoms with Gasteiger partial charge in [0.1, 0.15) is 17.3 Å². The summed E-state index contributed by atoms with van der Waals surface area (Å²) in [4.78, 5) is 9.98. The predicted octanol–water partition coefficient (Wildman–Crippen LogP) is 2.10. The molecule has 0 aliphatic heterocycles. The Balaban J connectivity index is 2.94. The summed E-state index contributed by atoms with van der Waals surface area (Å²) in [6.07, 6.45) is 2.40. The fourth-order valence-electron chi connectivity index (χ4n) is 1.27. The number of halogens is 2. The minimum absolute atomic E-state index is 0.0913. The van der Waals surface area contributed by atoms with Crippen LogP contribution in [-0.2, 0) is 0 Å². The van der Waals surface area contributed by atoms with Gasteiger partial charge < -0.3 is 10.0 Å². The van der Waals surface area contributed by atoms with Gasteiger partial charge in [0.15, 0.2) is 0 Å². The van der Waals surface area contributed by atoms with Gasteiger partial charge in [-0.25, -0.2) is 9.97 Å². The van der Waals surface area contributed by atoms with Crippen molar-refractivity contribution in [3.8, 4) is 0 Å². The molecule has 84 valence electrons. The Morgan fingerprint density at radius 2 is 2.20 bits per heavy atom. The molecule has 15 heavy (non-hydrogen) atoms. The standard InChI is InChI=1S/C9H13BrClN3O/c1-2-3-14(4-5-15)9-7(10)8(11)12-6-13-9/h6,15H,2-5H2,1H3. The second-order valence-electron chi connectivity index (χ2n) is 3.01. The minimum atomic E-state index is 0.0913. The topological polar surface area (TPSA) is 49.2 Å². The molecule has 0 spiro atoms. The van der Waals surface area contributed by atoms with Gasteiger partial charge in [-0.2, -0.15) is 0 Å². The SMILES string of the molecule is CCCN(CCO)c1ncnc(Cl)c1Br. The van der Waals surface area contributed by atoms with Crippen LogP contribution >= 0.6 is 27.5 Å². The van der Waals surface area contributed by atoms with E-state index in [1.54, 1.807) is 0 Å². The molecule has 0 saturated heterocycles. The first kappa shape index (κ1) is 12.7. The van der Waals surface area contributed by atoms with Crippen LogP contribution in [0.1, 0.15) is 13.3 Å². The third-order valence-electron chi connectivity index (χ3n) is 1.89. The lowest BCUT2D eigenvalue weighted by atomic mass is 10.4. The lowest BCUT2D eigenvalue weighted by molar-refractivity contribution is 0.301. The zero-order valence-corrected chi connectivity index (χ0v) is 10.8. The molecule has 6 heteroatoms. The summed E-state index contributed by atoms with van der Waals surface area (Å²) < 4.78 is 0.675. The van der Waals surface area contributed by atoms with Crippen LogP contribution in [-0.4, -0.2) is 34.8 Å². The van der Waals surface area contributed by atoms with Gasteiger partial charge in [-0.3, -0.25) is 0 Å². The van der Waals surface area contributed by atoms with Crippen LogP contribution in [0.5, 0.6) is 0 Å². The third-order valence-corrected chi connectivity index (χ3v) is 3.14. The summed E-state index contributed by atoms with van der Waals surface area (Å²) in [6.45, 7) is 3.53. The van der Waals surface area contributed by atoms with E-state index in [1.807, 2.05) is 4.90 Å². The average Bonchev–Trinajstić information content (AvgIpc) is 2.22. The van der Waals surface area contributed by atoms with Crippen molar-refractivity contribution in [1.29, 1.82) is 0 Å². The molecule has 0 unspecified atom stereocenters. The van der Waals surface area contributed by atoms with E-state index in [0.717, 1.165) is 18.8 Å². The van der Waals surface area contributed by atoms with E-state index in [9.17, 15) is 0 Å². The number of aromatic nitrogens is 2. The highest BCUT2D eigenvalue weighted by Crippen LogP contribution is 2.28. The Kier molecular flexibility index (Phi) is 5.28. The third kappa shape index (κ3) is 3.29. The average molecular weight is 295 g/mol. The highest BCUT2D eigenvalue weighted by molar-refractivity contribution is 9.10. The van der Waals surface area contributed by atoms with Crippen molar-refractivity contribution in [2.45, 2.75) is 13.3 Å². The first-order valence-corrected chi connectivity index (χ1v) is 5.89. The van der Waals surface area contributed by atoms with Crippen molar-refractivity contribution < 1.29 is 5.11 Å². The second-order valence-corrected chi connectivity index (χ2v) is 4.16. The van der Waals surface area contributed by atoms with Crippen LogP contribution in [0, 0.1) is 0 Å². The number of aliphatic hydroxyl groups is 1. The molecule has 0 radical (unpaired) electrons. The Bertz CT molecular complexity index is 318. The van der Waals surface area contributed by atoms with Gasteiger partial charge in [0.25, 0.3) is 0 Å². The monoisotopic (exact) mass is 293 g/mol. The minimum Gasteiger partial charge on any atom is -0.395 e. The molecule has 0 fully saturated rings. The van der Waals surface area contributed by atoms with Crippen LogP contribution in [0.3, 0.4) is 0 Å². The van der Waals surface area contributed by atoms with E-state index in [0.29, 0.717) is 16.2 Å². The molecule has 1 aromatic rings. The number of hydrogen-bond donors (Lipinski definition) is 1. The molecule has 1 rings (SSSR count). The zero-order valence-electron chi connectivity index (χ0n) is 8.45. The predicted molar refractivity (Wildman–Crippen MR) is 64.3 cm³/mol. The Morgan fingerprint density at radius 3 is 2.80 bits per heavy atom. The van der Waals surface area contributed by atoms with Gasteiger partial charge in [-0.05, 0) is 22.4 Å². The maximum atomic E-state index is 8.95. The summed E-state index contributed by atoms with van der Waals surface area (Å²) in [6, 6.07) is 0. The van der Waals surface area contributed by atoms with Gasteiger partial charge in [0.05, 0.1) is 11.1 Å². The lowest BCUT2D eigenvalue weighted by Gasteiger charge is -2.23. The Morgan fingerprint density at radius 1 is 1.47 bits per heavy atom. The Hall–Kier alpha value is -0.390. The molecular weight excluding hydrogens is 281 g/mol. The first-order valence-electron chi connectivity index (χ1n) is 4.72.